The molecule has 1 aliphatic heterocycles. The Balaban J connectivity index is 1.51. The van der Waals surface area contributed by atoms with Crippen LogP contribution in [0.25, 0.3) is 5.69 Å². The molecular weight excluding hydrogens is 347 g/mol. The Hall–Kier alpha value is -3.00. The standard InChI is InChI=1S/C19H21FN6O/c1-13-17(12-22-26(13)18-7-3-2-6-15(18)20)23-19(27)16-8-10-25(24-16)14-5-4-9-21-11-14/h2-3,6-8,10,12,14,21H,4-5,9,11H2,1H3,(H,23,27). The number of carbonyl (C=O) groups is 1. The molecule has 0 bridgehead atoms. The van der Waals surface area contributed by atoms with E-state index < -0.39 is 0 Å². The number of nitrogens with one attached hydrogen (secondary N) is 2. The molecule has 1 saturated heterocycles. The van der Waals surface area contributed by atoms with E-state index in [0.717, 1.165) is 25.9 Å². The third kappa shape index (κ3) is 3.48. The van der Waals surface area contributed by atoms with E-state index in [4.69, 9.17) is 0 Å². The molecule has 0 radical (unpaired) electrons. The first-order chi connectivity index (χ1) is 13.1. The third-order valence-corrected chi connectivity index (χ3v) is 4.82. The van der Waals surface area contributed by atoms with E-state index >= 15 is 0 Å². The van der Waals surface area contributed by atoms with Crippen LogP contribution in [-0.4, -0.2) is 38.6 Å². The second kappa shape index (κ2) is 7.32. The average Bonchev–Trinajstić information content (AvgIpc) is 3.31. The Morgan fingerprint density at radius 2 is 2.19 bits per heavy atom. The molecular formula is C19H21FN6O. The van der Waals surface area contributed by atoms with E-state index in [1.54, 1.807) is 31.2 Å². The van der Waals surface area contributed by atoms with Gasteiger partial charge in [0.25, 0.3) is 5.91 Å². The molecule has 1 atom stereocenters. The summed E-state index contributed by atoms with van der Waals surface area (Å²) < 4.78 is 17.3. The molecule has 140 valence electrons. The zero-order valence-electron chi connectivity index (χ0n) is 15.0. The summed E-state index contributed by atoms with van der Waals surface area (Å²) in [6.45, 7) is 3.66. The van der Waals surface area contributed by atoms with Crippen molar-refractivity contribution in [3.8, 4) is 5.69 Å². The number of anilines is 1. The summed E-state index contributed by atoms with van der Waals surface area (Å²) in [5.74, 6) is -0.685. The maximum Gasteiger partial charge on any atom is 0.276 e. The zero-order valence-corrected chi connectivity index (χ0v) is 15.0. The number of hydrogen-bond acceptors (Lipinski definition) is 4. The number of amides is 1. The number of nitrogens with zero attached hydrogens (tertiary/aromatic N) is 4. The van der Waals surface area contributed by atoms with E-state index in [2.05, 4.69) is 20.8 Å². The molecule has 0 aliphatic carbocycles. The summed E-state index contributed by atoms with van der Waals surface area (Å²) in [5.41, 5.74) is 1.85. The summed E-state index contributed by atoms with van der Waals surface area (Å²) in [6.07, 6.45) is 5.49. The normalized spacial score (nSPS) is 17.0. The van der Waals surface area contributed by atoms with Crippen molar-refractivity contribution in [1.29, 1.82) is 0 Å². The topological polar surface area (TPSA) is 76.8 Å². The molecule has 27 heavy (non-hydrogen) atoms. The Bertz CT molecular complexity index is 957. The minimum atomic E-state index is -0.374. The van der Waals surface area contributed by atoms with Crippen molar-refractivity contribution < 1.29 is 9.18 Å². The lowest BCUT2D eigenvalue weighted by molar-refractivity contribution is 0.102. The van der Waals surface area contributed by atoms with E-state index in [1.165, 1.54) is 16.9 Å². The van der Waals surface area contributed by atoms with Crippen LogP contribution >= 0.6 is 0 Å². The number of halogens is 1. The first-order valence-electron chi connectivity index (χ1n) is 9.00. The van der Waals surface area contributed by atoms with Crippen LogP contribution in [0.3, 0.4) is 0 Å². The van der Waals surface area contributed by atoms with Gasteiger partial charge in [0.2, 0.25) is 0 Å². The van der Waals surface area contributed by atoms with Crippen molar-refractivity contribution in [2.45, 2.75) is 25.8 Å². The molecule has 1 fully saturated rings. The zero-order chi connectivity index (χ0) is 18.8. The molecule has 1 unspecified atom stereocenters. The highest BCUT2D eigenvalue weighted by atomic mass is 19.1. The quantitative estimate of drug-likeness (QED) is 0.742. The summed E-state index contributed by atoms with van der Waals surface area (Å²) in [7, 11) is 0. The lowest BCUT2D eigenvalue weighted by atomic mass is 10.1. The largest absolute Gasteiger partial charge is 0.318 e. The number of aromatic nitrogens is 4. The molecule has 2 N–H and O–H groups in total. The van der Waals surface area contributed by atoms with Crippen LogP contribution in [0.15, 0.2) is 42.7 Å². The second-order valence-corrected chi connectivity index (χ2v) is 6.64. The average molecular weight is 368 g/mol. The van der Waals surface area contributed by atoms with Gasteiger partial charge in [-0.1, -0.05) is 12.1 Å². The molecule has 4 rings (SSSR count). The van der Waals surface area contributed by atoms with Crippen LogP contribution in [0.5, 0.6) is 0 Å². The minimum Gasteiger partial charge on any atom is -0.318 e. The number of benzene rings is 1. The van der Waals surface area contributed by atoms with Gasteiger partial charge in [0.15, 0.2) is 5.69 Å². The maximum atomic E-state index is 14.0. The van der Waals surface area contributed by atoms with Gasteiger partial charge in [-0.3, -0.25) is 9.48 Å². The molecule has 3 aromatic rings. The molecule has 0 spiro atoms. The predicted molar refractivity (Wildman–Crippen MR) is 99.6 cm³/mol. The molecule has 0 saturated carbocycles. The van der Waals surface area contributed by atoms with Gasteiger partial charge in [-0.2, -0.15) is 10.2 Å². The minimum absolute atomic E-state index is 0.269. The highest BCUT2D eigenvalue weighted by Crippen LogP contribution is 2.21. The maximum absolute atomic E-state index is 14.0. The van der Waals surface area contributed by atoms with Crippen LogP contribution in [0.2, 0.25) is 0 Å². The van der Waals surface area contributed by atoms with E-state index in [1.807, 2.05) is 10.9 Å². The number of para-hydroxylation sites is 1. The van der Waals surface area contributed by atoms with Crippen molar-refractivity contribution in [2.75, 3.05) is 18.4 Å². The summed E-state index contributed by atoms with van der Waals surface area (Å²) in [6, 6.07) is 8.36. The fraction of sp³-hybridized carbons (Fsp3) is 0.316. The van der Waals surface area contributed by atoms with E-state index in [9.17, 15) is 9.18 Å². The number of hydrogen-bond donors (Lipinski definition) is 2. The molecule has 3 heterocycles. The summed E-state index contributed by atoms with van der Waals surface area (Å²) in [4.78, 5) is 12.6. The van der Waals surface area contributed by atoms with Crippen LogP contribution in [0.1, 0.15) is 35.1 Å². The van der Waals surface area contributed by atoms with Crippen molar-refractivity contribution in [1.82, 2.24) is 24.9 Å². The van der Waals surface area contributed by atoms with Crippen LogP contribution in [-0.2, 0) is 0 Å². The van der Waals surface area contributed by atoms with Crippen molar-refractivity contribution in [3.63, 3.8) is 0 Å². The van der Waals surface area contributed by atoms with Gasteiger partial charge in [0.1, 0.15) is 11.5 Å². The molecule has 1 aliphatic rings. The van der Waals surface area contributed by atoms with Gasteiger partial charge in [-0.25, -0.2) is 9.07 Å². The summed E-state index contributed by atoms with van der Waals surface area (Å²) >= 11 is 0. The van der Waals surface area contributed by atoms with Crippen LogP contribution in [0.4, 0.5) is 10.1 Å². The lowest BCUT2D eigenvalue weighted by Crippen LogP contribution is -2.32. The van der Waals surface area contributed by atoms with Crippen LogP contribution in [0, 0.1) is 12.7 Å². The SMILES string of the molecule is Cc1c(NC(=O)c2ccn(C3CCCNC3)n2)cnn1-c1ccccc1F. The second-order valence-electron chi connectivity index (χ2n) is 6.64. The third-order valence-electron chi connectivity index (χ3n) is 4.82. The fourth-order valence-electron chi connectivity index (χ4n) is 3.31. The molecule has 2 aromatic heterocycles. The number of rotatable bonds is 4. The van der Waals surface area contributed by atoms with Gasteiger partial charge in [0, 0.05) is 12.7 Å². The van der Waals surface area contributed by atoms with Crippen molar-refractivity contribution in [2.24, 2.45) is 0 Å². The van der Waals surface area contributed by atoms with Gasteiger partial charge in [-0.05, 0) is 44.5 Å². The predicted octanol–water partition coefficient (Wildman–Crippen LogP) is 2.69. The molecule has 7 nitrogen and oxygen atoms in total. The Labute approximate surface area is 156 Å². The monoisotopic (exact) mass is 368 g/mol. The van der Waals surface area contributed by atoms with E-state index in [0.29, 0.717) is 22.8 Å². The molecule has 1 aromatic carbocycles. The first-order valence-corrected chi connectivity index (χ1v) is 9.00. The Kier molecular flexibility index (Phi) is 4.72. The number of piperidine rings is 1. The Morgan fingerprint density at radius 3 is 2.96 bits per heavy atom. The van der Waals surface area contributed by atoms with Crippen LogP contribution < -0.4 is 10.6 Å². The molecule has 8 heteroatoms. The highest BCUT2D eigenvalue weighted by molar-refractivity contribution is 6.03. The van der Waals surface area contributed by atoms with Gasteiger partial charge < -0.3 is 10.6 Å². The highest BCUT2D eigenvalue weighted by Gasteiger charge is 2.19. The fourth-order valence-corrected chi connectivity index (χ4v) is 3.31. The molecule has 1 amide bonds. The lowest BCUT2D eigenvalue weighted by Gasteiger charge is -2.22. The van der Waals surface area contributed by atoms with Gasteiger partial charge in [0.05, 0.1) is 23.6 Å². The number of carbonyl (C=O) groups excluding carboxylic acids is 1. The summed E-state index contributed by atoms with van der Waals surface area (Å²) in [5, 5.41) is 14.8. The van der Waals surface area contributed by atoms with E-state index in [-0.39, 0.29) is 17.8 Å². The smallest absolute Gasteiger partial charge is 0.276 e. The van der Waals surface area contributed by atoms with Crippen molar-refractivity contribution in [3.05, 3.63) is 59.9 Å². The first kappa shape index (κ1) is 17.4. The van der Waals surface area contributed by atoms with Gasteiger partial charge >= 0.3 is 0 Å². The Morgan fingerprint density at radius 1 is 1.33 bits per heavy atom. The van der Waals surface area contributed by atoms with Crippen molar-refractivity contribution >= 4 is 11.6 Å². The van der Waals surface area contributed by atoms with Gasteiger partial charge in [-0.15, -0.1) is 0 Å².